The first-order chi connectivity index (χ1) is 8.63. The molecule has 0 aliphatic carbocycles. The molecule has 0 radical (unpaired) electrons. The van der Waals surface area contributed by atoms with E-state index in [0.29, 0.717) is 23.6 Å². The van der Waals surface area contributed by atoms with Crippen molar-refractivity contribution in [2.75, 3.05) is 6.61 Å². The standard InChI is InChI=1S/C14H21ClN2O/c1-4-5-6-7-18-14-13(15)8-12(10-17-14)9-16-11(2)3/h4,8,10-11,16H,1,5-7,9H2,2-3H3. The Kier molecular flexibility index (Phi) is 6.76. The van der Waals surface area contributed by atoms with Crippen molar-refractivity contribution in [3.63, 3.8) is 0 Å². The second-order valence-corrected chi connectivity index (χ2v) is 4.85. The van der Waals surface area contributed by atoms with Gasteiger partial charge in [-0.15, -0.1) is 6.58 Å². The van der Waals surface area contributed by atoms with E-state index in [1.807, 2.05) is 12.1 Å². The number of allylic oxidation sites excluding steroid dienone is 1. The van der Waals surface area contributed by atoms with Gasteiger partial charge in [-0.1, -0.05) is 31.5 Å². The van der Waals surface area contributed by atoms with Crippen LogP contribution >= 0.6 is 11.6 Å². The second-order valence-electron chi connectivity index (χ2n) is 4.45. The average molecular weight is 269 g/mol. The van der Waals surface area contributed by atoms with Gasteiger partial charge in [0.25, 0.3) is 0 Å². The molecule has 1 aromatic heterocycles. The van der Waals surface area contributed by atoms with Crippen LogP contribution in [-0.2, 0) is 6.54 Å². The van der Waals surface area contributed by atoms with Crippen LogP contribution in [0.4, 0.5) is 0 Å². The van der Waals surface area contributed by atoms with Crippen molar-refractivity contribution in [2.45, 2.75) is 39.3 Å². The van der Waals surface area contributed by atoms with Gasteiger partial charge in [-0.05, 0) is 24.5 Å². The van der Waals surface area contributed by atoms with Crippen molar-refractivity contribution in [1.29, 1.82) is 0 Å². The molecule has 0 aliphatic rings. The summed E-state index contributed by atoms with van der Waals surface area (Å²) in [4.78, 5) is 4.23. The first kappa shape index (κ1) is 15.0. The predicted octanol–water partition coefficient (Wildman–Crippen LogP) is 3.58. The van der Waals surface area contributed by atoms with Crippen molar-refractivity contribution in [2.24, 2.45) is 0 Å². The maximum absolute atomic E-state index is 6.12. The van der Waals surface area contributed by atoms with Gasteiger partial charge in [-0.3, -0.25) is 0 Å². The molecule has 1 N–H and O–H groups in total. The molecule has 0 saturated carbocycles. The number of hydrogen-bond donors (Lipinski definition) is 1. The van der Waals surface area contributed by atoms with Gasteiger partial charge in [0.2, 0.25) is 5.88 Å². The van der Waals surface area contributed by atoms with Crippen LogP contribution in [0.3, 0.4) is 0 Å². The number of nitrogens with zero attached hydrogens (tertiary/aromatic N) is 1. The van der Waals surface area contributed by atoms with Gasteiger partial charge in [0.15, 0.2) is 0 Å². The zero-order valence-corrected chi connectivity index (χ0v) is 11.8. The molecule has 0 unspecified atom stereocenters. The largest absolute Gasteiger partial charge is 0.477 e. The third-order valence-electron chi connectivity index (χ3n) is 2.37. The Morgan fingerprint density at radius 3 is 2.94 bits per heavy atom. The molecule has 1 rings (SSSR count). The minimum Gasteiger partial charge on any atom is -0.477 e. The van der Waals surface area contributed by atoms with Crippen LogP contribution < -0.4 is 10.1 Å². The number of ether oxygens (including phenoxy) is 1. The lowest BCUT2D eigenvalue weighted by atomic mass is 10.2. The summed E-state index contributed by atoms with van der Waals surface area (Å²) in [6.07, 6.45) is 5.54. The highest BCUT2D eigenvalue weighted by atomic mass is 35.5. The minimum atomic E-state index is 0.443. The fourth-order valence-electron chi connectivity index (χ4n) is 1.39. The van der Waals surface area contributed by atoms with Crippen LogP contribution in [0.15, 0.2) is 24.9 Å². The number of unbranched alkanes of at least 4 members (excludes halogenated alkanes) is 1. The summed E-state index contributed by atoms with van der Waals surface area (Å²) in [7, 11) is 0. The first-order valence-electron chi connectivity index (χ1n) is 6.25. The van der Waals surface area contributed by atoms with Crippen LogP contribution in [-0.4, -0.2) is 17.6 Å². The highest BCUT2D eigenvalue weighted by Gasteiger charge is 2.05. The summed E-state index contributed by atoms with van der Waals surface area (Å²) in [6.45, 7) is 9.25. The van der Waals surface area contributed by atoms with Crippen molar-refractivity contribution < 1.29 is 4.74 Å². The van der Waals surface area contributed by atoms with Gasteiger partial charge in [0.05, 0.1) is 6.61 Å². The van der Waals surface area contributed by atoms with Gasteiger partial charge in [0.1, 0.15) is 5.02 Å². The topological polar surface area (TPSA) is 34.1 Å². The molecule has 0 atom stereocenters. The summed E-state index contributed by atoms with van der Waals surface area (Å²) in [5.41, 5.74) is 1.06. The lowest BCUT2D eigenvalue weighted by Gasteiger charge is -2.10. The molecule has 18 heavy (non-hydrogen) atoms. The summed E-state index contributed by atoms with van der Waals surface area (Å²) in [6, 6.07) is 2.34. The summed E-state index contributed by atoms with van der Waals surface area (Å²) < 4.78 is 5.51. The summed E-state index contributed by atoms with van der Waals surface area (Å²) in [5.74, 6) is 0.508. The van der Waals surface area contributed by atoms with Crippen LogP contribution in [0.1, 0.15) is 32.3 Å². The minimum absolute atomic E-state index is 0.443. The van der Waals surface area contributed by atoms with E-state index in [0.717, 1.165) is 24.9 Å². The Labute approximate surface area is 114 Å². The van der Waals surface area contributed by atoms with Gasteiger partial charge in [0, 0.05) is 18.8 Å². The van der Waals surface area contributed by atoms with E-state index in [9.17, 15) is 0 Å². The van der Waals surface area contributed by atoms with Crippen LogP contribution in [0.25, 0.3) is 0 Å². The summed E-state index contributed by atoms with van der Waals surface area (Å²) in [5, 5.41) is 3.88. The Bertz CT molecular complexity index is 380. The predicted molar refractivity (Wildman–Crippen MR) is 76.1 cm³/mol. The van der Waals surface area contributed by atoms with E-state index in [1.165, 1.54) is 0 Å². The number of pyridine rings is 1. The van der Waals surface area contributed by atoms with Gasteiger partial charge in [-0.2, -0.15) is 0 Å². The normalized spacial score (nSPS) is 10.7. The van der Waals surface area contributed by atoms with E-state index in [2.05, 4.69) is 30.7 Å². The lowest BCUT2D eigenvalue weighted by molar-refractivity contribution is 0.300. The van der Waals surface area contributed by atoms with Crippen molar-refractivity contribution >= 4 is 11.6 Å². The Morgan fingerprint density at radius 1 is 1.56 bits per heavy atom. The van der Waals surface area contributed by atoms with E-state index in [-0.39, 0.29) is 0 Å². The maximum atomic E-state index is 6.12. The number of halogens is 1. The molecule has 0 saturated heterocycles. The van der Waals surface area contributed by atoms with E-state index in [4.69, 9.17) is 16.3 Å². The molecule has 0 amide bonds. The third-order valence-corrected chi connectivity index (χ3v) is 2.64. The van der Waals surface area contributed by atoms with Crippen LogP contribution in [0.2, 0.25) is 5.02 Å². The van der Waals surface area contributed by atoms with Crippen molar-refractivity contribution in [3.05, 3.63) is 35.5 Å². The van der Waals surface area contributed by atoms with Gasteiger partial charge < -0.3 is 10.1 Å². The molecule has 4 heteroatoms. The molecular weight excluding hydrogens is 248 g/mol. The smallest absolute Gasteiger partial charge is 0.232 e. The lowest BCUT2D eigenvalue weighted by Crippen LogP contribution is -2.21. The fourth-order valence-corrected chi connectivity index (χ4v) is 1.63. The molecule has 0 bridgehead atoms. The molecule has 3 nitrogen and oxygen atoms in total. The first-order valence-corrected chi connectivity index (χ1v) is 6.62. The second kappa shape index (κ2) is 8.11. The van der Waals surface area contributed by atoms with Crippen LogP contribution in [0.5, 0.6) is 5.88 Å². The molecule has 1 heterocycles. The average Bonchev–Trinajstić information content (AvgIpc) is 2.34. The molecule has 0 aliphatic heterocycles. The van der Waals surface area contributed by atoms with Crippen molar-refractivity contribution in [3.8, 4) is 5.88 Å². The molecule has 1 aromatic rings. The Hall–Kier alpha value is -1.06. The maximum Gasteiger partial charge on any atom is 0.232 e. The Morgan fingerprint density at radius 2 is 2.33 bits per heavy atom. The molecule has 100 valence electrons. The summed E-state index contributed by atoms with van der Waals surface area (Å²) >= 11 is 6.12. The number of rotatable bonds is 8. The Balaban J connectivity index is 2.48. The fraction of sp³-hybridized carbons (Fsp3) is 0.500. The highest BCUT2D eigenvalue weighted by Crippen LogP contribution is 2.22. The third kappa shape index (κ3) is 5.52. The van der Waals surface area contributed by atoms with E-state index >= 15 is 0 Å². The number of nitrogens with one attached hydrogen (secondary N) is 1. The van der Waals surface area contributed by atoms with Gasteiger partial charge >= 0.3 is 0 Å². The molecule has 0 spiro atoms. The molecular formula is C14H21ClN2O. The van der Waals surface area contributed by atoms with Gasteiger partial charge in [-0.25, -0.2) is 4.98 Å². The zero-order chi connectivity index (χ0) is 13.4. The monoisotopic (exact) mass is 268 g/mol. The number of aromatic nitrogens is 1. The van der Waals surface area contributed by atoms with Crippen LogP contribution in [0, 0.1) is 0 Å². The molecule has 0 fully saturated rings. The highest BCUT2D eigenvalue weighted by molar-refractivity contribution is 6.31. The van der Waals surface area contributed by atoms with E-state index in [1.54, 1.807) is 6.20 Å². The quantitative estimate of drug-likeness (QED) is 0.578. The SMILES string of the molecule is C=CCCCOc1ncc(CNC(C)C)cc1Cl. The zero-order valence-electron chi connectivity index (χ0n) is 11.1. The number of hydrogen-bond acceptors (Lipinski definition) is 3. The van der Waals surface area contributed by atoms with E-state index < -0.39 is 0 Å². The van der Waals surface area contributed by atoms with Crippen molar-refractivity contribution in [1.82, 2.24) is 10.3 Å². The molecule has 0 aromatic carbocycles.